The molecule has 1 aliphatic heterocycles. The lowest BCUT2D eigenvalue weighted by molar-refractivity contribution is 0.0586. The summed E-state index contributed by atoms with van der Waals surface area (Å²) in [6.07, 6.45) is 0.876. The summed E-state index contributed by atoms with van der Waals surface area (Å²) >= 11 is 1.70. The zero-order chi connectivity index (χ0) is 11.2. The monoisotopic (exact) mass is 235 g/mol. The van der Waals surface area contributed by atoms with Crippen molar-refractivity contribution in [1.82, 2.24) is 4.98 Å². The van der Waals surface area contributed by atoms with Gasteiger partial charge in [-0.2, -0.15) is 0 Å². The molecule has 0 radical (unpaired) electrons. The van der Waals surface area contributed by atoms with Gasteiger partial charge in [0.1, 0.15) is 12.4 Å². The van der Waals surface area contributed by atoms with Crippen LogP contribution < -0.4 is 4.74 Å². The average Bonchev–Trinajstić information content (AvgIpc) is 2.93. The maximum atomic E-state index is 5.82. The summed E-state index contributed by atoms with van der Waals surface area (Å²) in [6.45, 7) is 4.78. The van der Waals surface area contributed by atoms with E-state index in [1.165, 1.54) is 4.70 Å². The Kier molecular flexibility index (Phi) is 2.16. The van der Waals surface area contributed by atoms with Crippen LogP contribution in [0.3, 0.4) is 0 Å². The predicted molar refractivity (Wildman–Crippen MR) is 64.0 cm³/mol. The van der Waals surface area contributed by atoms with Crippen LogP contribution >= 0.6 is 11.3 Å². The zero-order valence-corrected chi connectivity index (χ0v) is 10.1. The van der Waals surface area contributed by atoms with E-state index < -0.39 is 0 Å². The Morgan fingerprint density at radius 3 is 3.06 bits per heavy atom. The van der Waals surface area contributed by atoms with Crippen LogP contribution in [0.25, 0.3) is 10.2 Å². The number of aryl methyl sites for hydroxylation is 1. The first-order valence-electron chi connectivity index (χ1n) is 5.41. The molecule has 1 unspecified atom stereocenters. The number of fused-ring (bicyclic) bond motifs is 1. The average molecular weight is 235 g/mol. The molecule has 2 aromatic rings. The molecule has 1 saturated heterocycles. The summed E-state index contributed by atoms with van der Waals surface area (Å²) in [4.78, 5) is 4.45. The van der Waals surface area contributed by atoms with E-state index in [1.807, 2.05) is 19.1 Å². The van der Waals surface area contributed by atoms with E-state index in [0.717, 1.165) is 22.7 Å². The lowest BCUT2D eigenvalue weighted by atomic mass is 10.3. The molecule has 84 valence electrons. The number of hydrogen-bond acceptors (Lipinski definition) is 4. The smallest absolute Gasteiger partial charge is 0.234 e. The van der Waals surface area contributed by atoms with Crippen LogP contribution in [-0.4, -0.2) is 17.4 Å². The Morgan fingerprint density at radius 2 is 2.38 bits per heavy atom. The number of benzene rings is 1. The van der Waals surface area contributed by atoms with Gasteiger partial charge in [0, 0.05) is 12.5 Å². The Morgan fingerprint density at radius 1 is 1.56 bits per heavy atom. The minimum Gasteiger partial charge on any atom is -0.460 e. The molecule has 0 aliphatic carbocycles. The SMILES string of the molecule is CCC1(Oc2ccc3sc(C)nc3c2)CO1. The van der Waals surface area contributed by atoms with Crippen molar-refractivity contribution < 1.29 is 9.47 Å². The maximum Gasteiger partial charge on any atom is 0.234 e. The molecule has 1 aromatic heterocycles. The van der Waals surface area contributed by atoms with Crippen LogP contribution in [0.15, 0.2) is 18.2 Å². The Bertz CT molecular complexity index is 531. The first-order chi connectivity index (χ1) is 7.71. The molecule has 0 spiro atoms. The van der Waals surface area contributed by atoms with Crippen LogP contribution in [0, 0.1) is 6.92 Å². The van der Waals surface area contributed by atoms with Gasteiger partial charge in [0.2, 0.25) is 5.79 Å². The molecule has 0 N–H and O–H groups in total. The van der Waals surface area contributed by atoms with Crippen molar-refractivity contribution in [2.24, 2.45) is 0 Å². The normalized spacial score (nSPS) is 23.6. The fraction of sp³-hybridized carbons (Fsp3) is 0.417. The van der Waals surface area contributed by atoms with Gasteiger partial charge in [-0.3, -0.25) is 0 Å². The van der Waals surface area contributed by atoms with Crippen molar-refractivity contribution in [3.8, 4) is 5.75 Å². The maximum absolute atomic E-state index is 5.82. The van der Waals surface area contributed by atoms with Crippen LogP contribution in [0.2, 0.25) is 0 Å². The van der Waals surface area contributed by atoms with E-state index in [4.69, 9.17) is 9.47 Å². The van der Waals surface area contributed by atoms with E-state index in [2.05, 4.69) is 18.0 Å². The highest BCUT2D eigenvalue weighted by molar-refractivity contribution is 7.18. The Hall–Kier alpha value is -1.13. The number of nitrogens with zero attached hydrogens (tertiary/aromatic N) is 1. The number of aromatic nitrogens is 1. The van der Waals surface area contributed by atoms with Crippen molar-refractivity contribution in [1.29, 1.82) is 0 Å². The molecule has 0 bridgehead atoms. The Labute approximate surface area is 98.0 Å². The summed E-state index contributed by atoms with van der Waals surface area (Å²) in [7, 11) is 0. The van der Waals surface area contributed by atoms with E-state index >= 15 is 0 Å². The van der Waals surface area contributed by atoms with Crippen molar-refractivity contribution >= 4 is 21.6 Å². The predicted octanol–water partition coefficient (Wildman–Crippen LogP) is 3.12. The molecular weight excluding hydrogens is 222 g/mol. The third kappa shape index (κ3) is 1.68. The van der Waals surface area contributed by atoms with Crippen molar-refractivity contribution in [3.05, 3.63) is 23.2 Å². The molecular formula is C12H13NO2S. The fourth-order valence-corrected chi connectivity index (χ4v) is 2.52. The van der Waals surface area contributed by atoms with Crippen LogP contribution in [0.4, 0.5) is 0 Å². The van der Waals surface area contributed by atoms with Gasteiger partial charge in [0.05, 0.1) is 15.2 Å². The number of hydrogen-bond donors (Lipinski definition) is 0. The molecule has 1 atom stereocenters. The molecule has 3 nitrogen and oxygen atoms in total. The van der Waals surface area contributed by atoms with E-state index in [1.54, 1.807) is 11.3 Å². The second kappa shape index (κ2) is 3.43. The second-order valence-corrected chi connectivity index (χ2v) is 5.25. The number of rotatable bonds is 3. The summed E-state index contributed by atoms with van der Waals surface area (Å²) in [5, 5.41) is 1.08. The van der Waals surface area contributed by atoms with Crippen molar-refractivity contribution in [2.45, 2.75) is 26.1 Å². The van der Waals surface area contributed by atoms with Gasteiger partial charge in [-0.15, -0.1) is 11.3 Å². The summed E-state index contributed by atoms with van der Waals surface area (Å²) in [5.74, 6) is 0.482. The van der Waals surface area contributed by atoms with Crippen LogP contribution in [0.1, 0.15) is 18.4 Å². The fourth-order valence-electron chi connectivity index (χ4n) is 1.72. The van der Waals surface area contributed by atoms with Crippen LogP contribution in [-0.2, 0) is 4.74 Å². The van der Waals surface area contributed by atoms with Crippen molar-refractivity contribution in [3.63, 3.8) is 0 Å². The van der Waals surface area contributed by atoms with Gasteiger partial charge >= 0.3 is 0 Å². The zero-order valence-electron chi connectivity index (χ0n) is 9.32. The molecule has 3 rings (SSSR count). The van der Waals surface area contributed by atoms with E-state index in [9.17, 15) is 0 Å². The number of epoxide rings is 1. The standard InChI is InChI=1S/C12H13NO2S/c1-3-12(7-14-12)15-9-4-5-11-10(6-9)13-8(2)16-11/h4-6H,3,7H2,1-2H3. The van der Waals surface area contributed by atoms with Gasteiger partial charge in [0.25, 0.3) is 0 Å². The highest BCUT2D eigenvalue weighted by Crippen LogP contribution is 2.35. The molecule has 1 fully saturated rings. The van der Waals surface area contributed by atoms with Crippen molar-refractivity contribution in [2.75, 3.05) is 6.61 Å². The quantitative estimate of drug-likeness (QED) is 0.767. The lowest BCUT2D eigenvalue weighted by Gasteiger charge is -2.12. The number of ether oxygens (including phenoxy) is 2. The highest BCUT2D eigenvalue weighted by Gasteiger charge is 2.45. The van der Waals surface area contributed by atoms with Gasteiger partial charge in [0.15, 0.2) is 0 Å². The molecule has 1 aliphatic rings. The molecule has 1 aromatic carbocycles. The van der Waals surface area contributed by atoms with E-state index in [0.29, 0.717) is 6.61 Å². The topological polar surface area (TPSA) is 34.6 Å². The largest absolute Gasteiger partial charge is 0.460 e. The lowest BCUT2D eigenvalue weighted by Crippen LogP contribution is -2.18. The third-order valence-corrected chi connectivity index (χ3v) is 3.73. The number of thiazole rings is 1. The van der Waals surface area contributed by atoms with Gasteiger partial charge in [-0.25, -0.2) is 4.98 Å². The summed E-state index contributed by atoms with van der Waals surface area (Å²) < 4.78 is 12.3. The first-order valence-corrected chi connectivity index (χ1v) is 6.23. The molecule has 0 amide bonds. The highest BCUT2D eigenvalue weighted by atomic mass is 32.1. The van der Waals surface area contributed by atoms with Crippen LogP contribution in [0.5, 0.6) is 5.75 Å². The Balaban J connectivity index is 1.92. The van der Waals surface area contributed by atoms with Gasteiger partial charge in [-0.1, -0.05) is 6.92 Å². The first kappa shape index (κ1) is 10.1. The molecule has 0 saturated carbocycles. The van der Waals surface area contributed by atoms with Gasteiger partial charge in [-0.05, 0) is 19.1 Å². The molecule has 4 heteroatoms. The molecule has 2 heterocycles. The third-order valence-electron chi connectivity index (χ3n) is 2.77. The van der Waals surface area contributed by atoms with Gasteiger partial charge < -0.3 is 9.47 Å². The second-order valence-electron chi connectivity index (χ2n) is 4.02. The minimum absolute atomic E-state index is 0.362. The molecule has 16 heavy (non-hydrogen) atoms. The minimum atomic E-state index is -0.362. The summed E-state index contributed by atoms with van der Waals surface area (Å²) in [5.41, 5.74) is 1.01. The van der Waals surface area contributed by atoms with E-state index in [-0.39, 0.29) is 5.79 Å². The summed E-state index contributed by atoms with van der Waals surface area (Å²) in [6, 6.07) is 6.03.